The second kappa shape index (κ2) is 8.78. The molecule has 2 aromatic rings. The smallest absolute Gasteiger partial charge is 0.278 e. The molecule has 150 valence electrons. The summed E-state index contributed by atoms with van der Waals surface area (Å²) in [6.45, 7) is 5.31. The quantitative estimate of drug-likeness (QED) is 0.761. The second-order valence-corrected chi connectivity index (χ2v) is 7.89. The molecule has 4 rings (SSSR count). The van der Waals surface area contributed by atoms with Crippen molar-refractivity contribution in [2.45, 2.75) is 45.1 Å². The van der Waals surface area contributed by atoms with Crippen LogP contribution >= 0.6 is 0 Å². The number of rotatable bonds is 8. The fourth-order valence-electron chi connectivity index (χ4n) is 3.63. The Hall–Kier alpha value is -2.34. The molecule has 1 aromatic heterocycles. The highest BCUT2D eigenvalue weighted by atomic mass is 16.5. The van der Waals surface area contributed by atoms with Crippen LogP contribution in [0.4, 0.5) is 0 Å². The first-order valence-corrected chi connectivity index (χ1v) is 10.5. The van der Waals surface area contributed by atoms with Crippen molar-refractivity contribution in [3.05, 3.63) is 42.2 Å². The van der Waals surface area contributed by atoms with Gasteiger partial charge in [-0.3, -0.25) is 4.79 Å². The van der Waals surface area contributed by atoms with Crippen LogP contribution in [0.25, 0.3) is 5.69 Å². The number of benzene rings is 1. The Labute approximate surface area is 166 Å². The molecule has 0 unspecified atom stereocenters. The summed E-state index contributed by atoms with van der Waals surface area (Å²) >= 11 is 0. The van der Waals surface area contributed by atoms with E-state index in [1.54, 1.807) is 4.68 Å². The highest BCUT2D eigenvalue weighted by Gasteiger charge is 2.29. The zero-order valence-electron chi connectivity index (χ0n) is 16.6. The molecule has 1 aliphatic carbocycles. The normalized spacial score (nSPS) is 17.7. The van der Waals surface area contributed by atoms with Crippen molar-refractivity contribution in [2.24, 2.45) is 5.92 Å². The molecule has 6 nitrogen and oxygen atoms in total. The summed E-state index contributed by atoms with van der Waals surface area (Å²) in [4.78, 5) is 15.1. The van der Waals surface area contributed by atoms with Crippen LogP contribution in [0.5, 0.6) is 5.75 Å². The third-order valence-corrected chi connectivity index (χ3v) is 5.54. The summed E-state index contributed by atoms with van der Waals surface area (Å²) in [5.74, 6) is 1.44. The van der Waals surface area contributed by atoms with Crippen molar-refractivity contribution in [1.29, 1.82) is 0 Å². The summed E-state index contributed by atoms with van der Waals surface area (Å²) in [7, 11) is 0. The van der Waals surface area contributed by atoms with Crippen LogP contribution < -0.4 is 10.1 Å². The predicted octanol–water partition coefficient (Wildman–Crippen LogP) is 3.27. The third-order valence-electron chi connectivity index (χ3n) is 5.54. The fourth-order valence-corrected chi connectivity index (χ4v) is 3.63. The summed E-state index contributed by atoms with van der Waals surface area (Å²) in [6, 6.07) is 10.4. The zero-order chi connectivity index (χ0) is 19.3. The largest absolute Gasteiger partial charge is 0.489 e. The summed E-state index contributed by atoms with van der Waals surface area (Å²) in [5, 5.41) is 8.25. The highest BCUT2D eigenvalue weighted by molar-refractivity contribution is 5.95. The maximum Gasteiger partial charge on any atom is 0.278 e. The van der Waals surface area contributed by atoms with Gasteiger partial charge in [-0.1, -0.05) is 25.1 Å². The molecule has 1 N–H and O–H groups in total. The molecule has 2 aliphatic rings. The first-order chi connectivity index (χ1) is 13.7. The lowest BCUT2D eigenvalue weighted by Crippen LogP contribution is -2.45. The van der Waals surface area contributed by atoms with Gasteiger partial charge in [0.1, 0.15) is 0 Å². The molecule has 0 bridgehead atoms. The number of piperidine rings is 1. The first-order valence-electron chi connectivity index (χ1n) is 10.5. The van der Waals surface area contributed by atoms with Gasteiger partial charge in [-0.05, 0) is 56.7 Å². The molecule has 28 heavy (non-hydrogen) atoms. The standard InChI is InChI=1S/C22H30N4O2/c1-2-14-28-20-16-26(19-6-4-3-5-7-19)24-21(20)22(27)25-12-10-18(11-13-25)23-15-17-8-9-17/h3-7,16-18,23H,2,8-15H2,1H3. The van der Waals surface area contributed by atoms with E-state index in [4.69, 9.17) is 4.74 Å². The van der Waals surface area contributed by atoms with E-state index in [0.29, 0.717) is 24.1 Å². The molecule has 0 radical (unpaired) electrons. The fraction of sp³-hybridized carbons (Fsp3) is 0.545. The topological polar surface area (TPSA) is 59.4 Å². The Morgan fingerprint density at radius 1 is 1.18 bits per heavy atom. The lowest BCUT2D eigenvalue weighted by molar-refractivity contribution is 0.0694. The molecular formula is C22H30N4O2. The van der Waals surface area contributed by atoms with Gasteiger partial charge in [-0.15, -0.1) is 0 Å². The number of nitrogens with zero attached hydrogens (tertiary/aromatic N) is 3. The van der Waals surface area contributed by atoms with Crippen molar-refractivity contribution >= 4 is 5.91 Å². The SMILES string of the molecule is CCCOc1cn(-c2ccccc2)nc1C(=O)N1CCC(NCC2CC2)CC1. The Morgan fingerprint density at radius 2 is 1.93 bits per heavy atom. The Kier molecular flexibility index (Phi) is 5.95. The summed E-state index contributed by atoms with van der Waals surface area (Å²) in [5.41, 5.74) is 1.34. The highest BCUT2D eigenvalue weighted by Crippen LogP contribution is 2.28. The molecule has 2 fully saturated rings. The third kappa shape index (κ3) is 4.55. The number of carbonyl (C=O) groups excluding carboxylic acids is 1. The lowest BCUT2D eigenvalue weighted by Gasteiger charge is -2.32. The average Bonchev–Trinajstić information content (AvgIpc) is 3.48. The molecular weight excluding hydrogens is 352 g/mol. The van der Waals surface area contributed by atoms with Crippen molar-refractivity contribution in [3.63, 3.8) is 0 Å². The van der Waals surface area contributed by atoms with Crippen molar-refractivity contribution in [2.75, 3.05) is 26.2 Å². The number of carbonyl (C=O) groups is 1. The molecule has 1 aromatic carbocycles. The van der Waals surface area contributed by atoms with Gasteiger partial charge in [0, 0.05) is 19.1 Å². The van der Waals surface area contributed by atoms with Crippen molar-refractivity contribution in [1.82, 2.24) is 20.0 Å². The Bertz CT molecular complexity index is 777. The van der Waals surface area contributed by atoms with E-state index in [0.717, 1.165) is 50.5 Å². The maximum absolute atomic E-state index is 13.2. The molecule has 0 spiro atoms. The molecule has 1 aliphatic heterocycles. The van der Waals surface area contributed by atoms with Crippen molar-refractivity contribution in [3.8, 4) is 11.4 Å². The number of amides is 1. The van der Waals surface area contributed by atoms with Gasteiger partial charge >= 0.3 is 0 Å². The number of aromatic nitrogens is 2. The van der Waals surface area contributed by atoms with Crippen LogP contribution in [0.3, 0.4) is 0 Å². The van der Waals surface area contributed by atoms with E-state index in [1.165, 1.54) is 12.8 Å². The first kappa shape index (κ1) is 19.0. The minimum Gasteiger partial charge on any atom is -0.489 e. The minimum atomic E-state index is -0.0265. The van der Waals surface area contributed by atoms with E-state index < -0.39 is 0 Å². The molecule has 1 saturated carbocycles. The summed E-state index contributed by atoms with van der Waals surface area (Å²) in [6.07, 6.45) is 7.46. The van der Waals surface area contributed by atoms with E-state index >= 15 is 0 Å². The van der Waals surface area contributed by atoms with E-state index in [1.807, 2.05) is 41.4 Å². The van der Waals surface area contributed by atoms with E-state index in [-0.39, 0.29) is 5.91 Å². The van der Waals surface area contributed by atoms with Crippen LogP contribution in [-0.4, -0.2) is 52.9 Å². The van der Waals surface area contributed by atoms with Crippen LogP contribution in [0, 0.1) is 5.92 Å². The van der Waals surface area contributed by atoms with Gasteiger partial charge in [0.25, 0.3) is 5.91 Å². The number of likely N-dealkylation sites (tertiary alicyclic amines) is 1. The molecule has 2 heterocycles. The molecule has 6 heteroatoms. The number of hydrogen-bond donors (Lipinski definition) is 1. The van der Waals surface area contributed by atoms with Gasteiger partial charge < -0.3 is 15.0 Å². The van der Waals surface area contributed by atoms with E-state index in [2.05, 4.69) is 17.3 Å². The Morgan fingerprint density at radius 3 is 2.61 bits per heavy atom. The number of hydrogen-bond acceptors (Lipinski definition) is 4. The van der Waals surface area contributed by atoms with Gasteiger partial charge in [-0.2, -0.15) is 5.10 Å². The predicted molar refractivity (Wildman–Crippen MR) is 109 cm³/mol. The number of ether oxygens (including phenoxy) is 1. The number of para-hydroxylation sites is 1. The average molecular weight is 383 g/mol. The monoisotopic (exact) mass is 382 g/mol. The second-order valence-electron chi connectivity index (χ2n) is 7.89. The molecule has 0 atom stereocenters. The lowest BCUT2D eigenvalue weighted by atomic mass is 10.0. The maximum atomic E-state index is 13.2. The molecule has 1 amide bonds. The van der Waals surface area contributed by atoms with Crippen LogP contribution in [0.2, 0.25) is 0 Å². The van der Waals surface area contributed by atoms with E-state index in [9.17, 15) is 4.79 Å². The Balaban J connectivity index is 1.44. The zero-order valence-corrected chi connectivity index (χ0v) is 16.6. The van der Waals surface area contributed by atoms with Crippen LogP contribution in [-0.2, 0) is 0 Å². The van der Waals surface area contributed by atoms with Gasteiger partial charge in [0.2, 0.25) is 0 Å². The van der Waals surface area contributed by atoms with Crippen LogP contribution in [0.15, 0.2) is 36.5 Å². The minimum absolute atomic E-state index is 0.0265. The van der Waals surface area contributed by atoms with Crippen molar-refractivity contribution < 1.29 is 9.53 Å². The molecule has 1 saturated heterocycles. The van der Waals surface area contributed by atoms with Crippen LogP contribution in [0.1, 0.15) is 49.5 Å². The van der Waals surface area contributed by atoms with Gasteiger partial charge in [0.15, 0.2) is 11.4 Å². The number of nitrogens with one attached hydrogen (secondary N) is 1. The summed E-state index contributed by atoms with van der Waals surface area (Å²) < 4.78 is 7.59. The van der Waals surface area contributed by atoms with Gasteiger partial charge in [0.05, 0.1) is 18.5 Å². The van der Waals surface area contributed by atoms with Gasteiger partial charge in [-0.25, -0.2) is 4.68 Å².